The van der Waals surface area contributed by atoms with E-state index in [4.69, 9.17) is 14.5 Å². The molecule has 0 aromatic rings. The van der Waals surface area contributed by atoms with Gasteiger partial charge in [-0.1, -0.05) is 37.1 Å². The summed E-state index contributed by atoms with van der Waals surface area (Å²) in [5.41, 5.74) is 3.16. The third-order valence-corrected chi connectivity index (χ3v) is 7.19. The molecule has 0 amide bonds. The normalized spacial score (nSPS) is 31.1. The minimum absolute atomic E-state index is 0.215. The molecule has 1 aliphatic carbocycles. The minimum atomic E-state index is -0.295. The minimum Gasteiger partial charge on any atom is -0.469 e. The molecule has 0 radical (unpaired) electrons. The lowest BCUT2D eigenvalue weighted by Crippen LogP contribution is -2.41. The van der Waals surface area contributed by atoms with Crippen LogP contribution in [0.2, 0.25) is 0 Å². The molecule has 0 N–H and O–H groups in total. The Morgan fingerprint density at radius 3 is 2.66 bits per heavy atom. The van der Waals surface area contributed by atoms with Gasteiger partial charge in [0.1, 0.15) is 11.7 Å². The lowest BCUT2D eigenvalue weighted by molar-refractivity contribution is -0.411. The van der Waals surface area contributed by atoms with E-state index in [2.05, 4.69) is 46.8 Å². The SMILES string of the molecule is COC(=O)[C@@H](C)[C@H]1CC[C@](C)(CCC/C(C)=C/CC2C(C)=CCCC2(C)C)OO1. The Labute approximate surface area is 178 Å². The van der Waals surface area contributed by atoms with Crippen LogP contribution in [0.4, 0.5) is 0 Å². The summed E-state index contributed by atoms with van der Waals surface area (Å²) in [6, 6.07) is 0. The Kier molecular flexibility index (Phi) is 8.54. The number of esters is 1. The van der Waals surface area contributed by atoms with E-state index in [9.17, 15) is 4.79 Å². The molecule has 0 spiro atoms. The first-order chi connectivity index (χ1) is 13.6. The zero-order valence-electron chi connectivity index (χ0n) is 19.7. The lowest BCUT2D eigenvalue weighted by Gasteiger charge is -2.38. The van der Waals surface area contributed by atoms with E-state index in [0.717, 1.165) is 38.5 Å². The maximum atomic E-state index is 11.7. The van der Waals surface area contributed by atoms with Crippen LogP contribution in [0.25, 0.3) is 0 Å². The maximum absolute atomic E-state index is 11.7. The zero-order valence-corrected chi connectivity index (χ0v) is 19.7. The molecule has 2 aliphatic rings. The summed E-state index contributed by atoms with van der Waals surface area (Å²) in [7, 11) is 1.41. The van der Waals surface area contributed by atoms with Crippen molar-refractivity contribution in [2.75, 3.05) is 7.11 Å². The second kappa shape index (κ2) is 10.3. The van der Waals surface area contributed by atoms with Gasteiger partial charge in [0, 0.05) is 0 Å². The Morgan fingerprint density at radius 2 is 2.07 bits per heavy atom. The topological polar surface area (TPSA) is 44.8 Å². The second-order valence-corrected chi connectivity index (χ2v) is 10.2. The number of carbonyl (C=O) groups excluding carboxylic acids is 1. The molecular formula is C25H42O4. The monoisotopic (exact) mass is 406 g/mol. The van der Waals surface area contributed by atoms with Gasteiger partial charge in [0.2, 0.25) is 0 Å². The van der Waals surface area contributed by atoms with Gasteiger partial charge in [0.05, 0.1) is 13.0 Å². The number of rotatable bonds is 8. The fourth-order valence-electron chi connectivity index (χ4n) is 4.82. The Hall–Kier alpha value is -1.13. The number of methoxy groups -OCH3 is 1. The summed E-state index contributed by atoms with van der Waals surface area (Å²) < 4.78 is 4.81. The van der Waals surface area contributed by atoms with Crippen LogP contribution >= 0.6 is 0 Å². The van der Waals surface area contributed by atoms with Gasteiger partial charge in [-0.2, -0.15) is 0 Å². The van der Waals surface area contributed by atoms with Crippen molar-refractivity contribution in [1.29, 1.82) is 0 Å². The molecule has 0 bridgehead atoms. The number of hydrogen-bond donors (Lipinski definition) is 0. The van der Waals surface area contributed by atoms with Gasteiger partial charge >= 0.3 is 5.97 Å². The molecule has 1 aliphatic heterocycles. The number of carbonyl (C=O) groups is 1. The molecule has 166 valence electrons. The molecule has 1 saturated heterocycles. The average Bonchev–Trinajstić information content (AvgIpc) is 2.66. The molecule has 4 atom stereocenters. The van der Waals surface area contributed by atoms with Crippen molar-refractivity contribution in [2.24, 2.45) is 17.3 Å². The largest absolute Gasteiger partial charge is 0.469 e. The molecular weight excluding hydrogens is 364 g/mol. The number of hydrogen-bond acceptors (Lipinski definition) is 4. The quantitative estimate of drug-likeness (QED) is 0.260. The van der Waals surface area contributed by atoms with E-state index in [-0.39, 0.29) is 23.6 Å². The van der Waals surface area contributed by atoms with E-state index >= 15 is 0 Å². The van der Waals surface area contributed by atoms with Crippen LogP contribution in [-0.4, -0.2) is 24.8 Å². The predicted octanol–water partition coefficient (Wildman–Crippen LogP) is 6.55. The molecule has 29 heavy (non-hydrogen) atoms. The van der Waals surface area contributed by atoms with Crippen LogP contribution in [0.1, 0.15) is 92.9 Å². The highest BCUT2D eigenvalue weighted by Crippen LogP contribution is 2.43. The van der Waals surface area contributed by atoms with Gasteiger partial charge in [-0.3, -0.25) is 4.79 Å². The molecule has 4 nitrogen and oxygen atoms in total. The molecule has 0 aromatic heterocycles. The van der Waals surface area contributed by atoms with Gasteiger partial charge in [-0.05, 0) is 90.4 Å². The van der Waals surface area contributed by atoms with E-state index in [1.54, 1.807) is 5.57 Å². The van der Waals surface area contributed by atoms with Crippen LogP contribution in [0.5, 0.6) is 0 Å². The first-order valence-electron chi connectivity index (χ1n) is 11.3. The van der Waals surface area contributed by atoms with Gasteiger partial charge in [-0.25, -0.2) is 9.78 Å². The zero-order chi connectivity index (χ0) is 21.7. The summed E-state index contributed by atoms with van der Waals surface area (Å²) in [6.07, 6.45) is 13.2. The molecule has 1 fully saturated rings. The standard InChI is InChI=1S/C25H42O4/c1-18(12-13-21-19(2)11-9-15-24(21,4)5)10-8-16-25(6)17-14-22(28-29-25)20(3)23(26)27-7/h11-12,20-22H,8-10,13-17H2,1-7H3/b18-12+/t20-,21?,22+,25-/m0/s1. The van der Waals surface area contributed by atoms with Crippen LogP contribution in [0.15, 0.2) is 23.3 Å². The smallest absolute Gasteiger partial charge is 0.311 e. The highest BCUT2D eigenvalue weighted by Gasteiger charge is 2.38. The molecule has 1 heterocycles. The average molecular weight is 407 g/mol. The Balaban J connectivity index is 1.76. The fraction of sp³-hybridized carbons (Fsp3) is 0.800. The van der Waals surface area contributed by atoms with Crippen LogP contribution in [0.3, 0.4) is 0 Å². The van der Waals surface area contributed by atoms with Crippen molar-refractivity contribution in [3.8, 4) is 0 Å². The second-order valence-electron chi connectivity index (χ2n) is 10.2. The molecule has 0 aromatic carbocycles. The predicted molar refractivity (Wildman–Crippen MR) is 117 cm³/mol. The first-order valence-corrected chi connectivity index (χ1v) is 11.3. The lowest BCUT2D eigenvalue weighted by atomic mass is 9.67. The summed E-state index contributed by atoms with van der Waals surface area (Å²) in [4.78, 5) is 23.0. The van der Waals surface area contributed by atoms with Crippen molar-refractivity contribution in [2.45, 2.75) is 105 Å². The summed E-state index contributed by atoms with van der Waals surface area (Å²) in [5.74, 6) is 0.123. The van der Waals surface area contributed by atoms with Crippen LogP contribution < -0.4 is 0 Å². The van der Waals surface area contributed by atoms with Crippen molar-refractivity contribution < 1.29 is 19.3 Å². The van der Waals surface area contributed by atoms with E-state index in [1.807, 2.05) is 6.92 Å². The Bertz CT molecular complexity index is 608. The van der Waals surface area contributed by atoms with Crippen molar-refractivity contribution in [1.82, 2.24) is 0 Å². The van der Waals surface area contributed by atoms with Crippen LogP contribution in [-0.2, 0) is 19.3 Å². The summed E-state index contributed by atoms with van der Waals surface area (Å²) in [6.45, 7) is 13.3. The van der Waals surface area contributed by atoms with Crippen LogP contribution in [0, 0.1) is 17.3 Å². The van der Waals surface area contributed by atoms with Gasteiger partial charge in [0.15, 0.2) is 0 Å². The molecule has 4 heteroatoms. The van der Waals surface area contributed by atoms with Gasteiger partial charge in [0.25, 0.3) is 0 Å². The van der Waals surface area contributed by atoms with Gasteiger partial charge in [-0.15, -0.1) is 0 Å². The highest BCUT2D eigenvalue weighted by atomic mass is 17.2. The summed E-state index contributed by atoms with van der Waals surface area (Å²) >= 11 is 0. The number of ether oxygens (including phenoxy) is 1. The van der Waals surface area contributed by atoms with Crippen molar-refractivity contribution in [3.05, 3.63) is 23.3 Å². The number of allylic oxidation sites excluding steroid dienone is 4. The molecule has 1 unspecified atom stereocenters. The third kappa shape index (κ3) is 6.68. The fourth-order valence-corrected chi connectivity index (χ4v) is 4.82. The summed E-state index contributed by atoms with van der Waals surface area (Å²) in [5, 5.41) is 0. The molecule has 2 rings (SSSR count). The molecule has 0 saturated carbocycles. The third-order valence-electron chi connectivity index (χ3n) is 7.19. The van der Waals surface area contributed by atoms with E-state index in [1.165, 1.54) is 25.5 Å². The highest BCUT2D eigenvalue weighted by molar-refractivity contribution is 5.72. The van der Waals surface area contributed by atoms with E-state index in [0.29, 0.717) is 11.3 Å². The first kappa shape index (κ1) is 24.1. The van der Waals surface area contributed by atoms with Crippen molar-refractivity contribution in [3.63, 3.8) is 0 Å². The van der Waals surface area contributed by atoms with E-state index < -0.39 is 0 Å². The van der Waals surface area contributed by atoms with Crippen molar-refractivity contribution >= 4 is 5.97 Å². The maximum Gasteiger partial charge on any atom is 0.311 e. The van der Waals surface area contributed by atoms with Gasteiger partial charge < -0.3 is 4.74 Å². The Morgan fingerprint density at radius 1 is 1.34 bits per heavy atom.